The van der Waals surface area contributed by atoms with Crippen molar-refractivity contribution < 1.29 is 45.4 Å². The standard InChI is InChI=1S/C37H38F7N5O3/c1-34(2,3)20-48-16-14-35(15-17-48)21-49(32-28(50)18-25(38)30(31(32)35)22-8-13-29(45-19-22)36(39,40)41)27-7-5-4-6-26(27)47-33(51)46-23-9-11-24(12-10-23)52-37(42,43)44/h4-11,13,18-19,24,50H,12,14-17,20-21H2,1-3H3,(H2,46,47,51). The van der Waals surface area contributed by atoms with Crippen LogP contribution in [0.4, 0.5) is 52.6 Å². The minimum absolute atomic E-state index is 0.0127. The lowest BCUT2D eigenvalue weighted by molar-refractivity contribution is -0.336. The number of phenolic OH excluding ortho intramolecular Hbond substituents is 1. The SMILES string of the molecule is CC(C)(C)CN1CCC2(CC1)CN(c1ccccc1NC(=O)NC1=CCC(OC(F)(F)F)C=C1)c1c(O)cc(F)c(-c3ccc(C(F)(F)F)nc3)c12. The molecular formula is C37H38F7N5O3. The second-order valence-electron chi connectivity index (χ2n) is 14.6. The summed E-state index contributed by atoms with van der Waals surface area (Å²) in [4.78, 5) is 20.9. The molecule has 1 aromatic heterocycles. The highest BCUT2D eigenvalue weighted by atomic mass is 19.4. The van der Waals surface area contributed by atoms with Gasteiger partial charge in [-0.1, -0.05) is 51.1 Å². The fourth-order valence-electron chi connectivity index (χ4n) is 7.34. The average Bonchev–Trinajstić information content (AvgIpc) is 3.36. The van der Waals surface area contributed by atoms with Gasteiger partial charge in [0, 0.05) is 47.6 Å². The first-order valence-electron chi connectivity index (χ1n) is 16.7. The van der Waals surface area contributed by atoms with Gasteiger partial charge in [-0.25, -0.2) is 9.18 Å². The number of carbonyl (C=O) groups is 1. The van der Waals surface area contributed by atoms with E-state index in [1.54, 1.807) is 29.2 Å². The van der Waals surface area contributed by atoms with E-state index in [2.05, 4.69) is 46.0 Å². The normalized spacial score (nSPS) is 19.1. The van der Waals surface area contributed by atoms with Gasteiger partial charge in [0.1, 0.15) is 17.3 Å². The zero-order valence-electron chi connectivity index (χ0n) is 28.6. The summed E-state index contributed by atoms with van der Waals surface area (Å²) >= 11 is 0. The van der Waals surface area contributed by atoms with Gasteiger partial charge in [0.2, 0.25) is 0 Å². The van der Waals surface area contributed by atoms with E-state index >= 15 is 4.39 Å². The number of aromatic hydroxyl groups is 1. The highest BCUT2D eigenvalue weighted by molar-refractivity contribution is 5.97. The summed E-state index contributed by atoms with van der Waals surface area (Å²) in [5.41, 5.74) is 0.0703. The maximum atomic E-state index is 16.1. The molecule has 3 aromatic rings. The maximum Gasteiger partial charge on any atom is 0.523 e. The van der Waals surface area contributed by atoms with E-state index in [-0.39, 0.29) is 46.6 Å². The highest BCUT2D eigenvalue weighted by Crippen LogP contribution is 2.58. The number of para-hydroxylation sites is 2. The minimum atomic E-state index is -4.80. The lowest BCUT2D eigenvalue weighted by Crippen LogP contribution is -2.47. The van der Waals surface area contributed by atoms with Crippen LogP contribution in [-0.2, 0) is 16.3 Å². The molecule has 1 fully saturated rings. The van der Waals surface area contributed by atoms with Crippen LogP contribution in [0.5, 0.6) is 5.75 Å². The van der Waals surface area contributed by atoms with E-state index in [9.17, 15) is 36.2 Å². The minimum Gasteiger partial charge on any atom is -0.506 e. The van der Waals surface area contributed by atoms with Crippen LogP contribution in [0.2, 0.25) is 0 Å². The summed E-state index contributed by atoms with van der Waals surface area (Å²) in [5, 5.41) is 16.8. The Bertz CT molecular complexity index is 1880. The lowest BCUT2D eigenvalue weighted by atomic mass is 9.71. The number of aromatic nitrogens is 1. The molecule has 0 radical (unpaired) electrons. The van der Waals surface area contributed by atoms with Gasteiger partial charge in [0.25, 0.3) is 0 Å². The van der Waals surface area contributed by atoms with Crippen LogP contribution in [0, 0.1) is 11.2 Å². The number of nitrogens with one attached hydrogen (secondary N) is 2. The third kappa shape index (κ3) is 8.04. The lowest BCUT2D eigenvalue weighted by Gasteiger charge is -2.42. The first-order chi connectivity index (χ1) is 24.3. The van der Waals surface area contributed by atoms with Gasteiger partial charge >= 0.3 is 18.6 Å². The van der Waals surface area contributed by atoms with Crippen molar-refractivity contribution in [3.8, 4) is 16.9 Å². The van der Waals surface area contributed by atoms with E-state index in [4.69, 9.17) is 0 Å². The molecule has 1 saturated heterocycles. The molecule has 3 aliphatic rings. The summed E-state index contributed by atoms with van der Waals surface area (Å²) in [6.07, 6.45) is -4.85. The summed E-state index contributed by atoms with van der Waals surface area (Å²) < 4.78 is 98.2. The molecule has 0 bridgehead atoms. The van der Waals surface area contributed by atoms with Gasteiger partial charge in [-0.3, -0.25) is 9.72 Å². The molecule has 0 saturated carbocycles. The van der Waals surface area contributed by atoms with Gasteiger partial charge in [-0.2, -0.15) is 13.2 Å². The van der Waals surface area contributed by atoms with Gasteiger partial charge < -0.3 is 25.5 Å². The Hall–Kier alpha value is -4.63. The Morgan fingerprint density at radius 3 is 2.35 bits per heavy atom. The Balaban J connectivity index is 1.36. The summed E-state index contributed by atoms with van der Waals surface area (Å²) in [6, 6.07) is 8.98. The predicted molar refractivity (Wildman–Crippen MR) is 181 cm³/mol. The van der Waals surface area contributed by atoms with Crippen LogP contribution >= 0.6 is 0 Å². The highest BCUT2D eigenvalue weighted by Gasteiger charge is 2.49. The third-order valence-corrected chi connectivity index (χ3v) is 9.39. The number of fused-ring (bicyclic) bond motifs is 2. The number of hydrogen-bond donors (Lipinski definition) is 3. The number of alkyl halides is 6. The number of nitrogens with zero attached hydrogens (tertiary/aromatic N) is 3. The molecule has 1 spiro atoms. The van der Waals surface area contributed by atoms with Gasteiger partial charge in [0.05, 0.1) is 23.2 Å². The van der Waals surface area contributed by atoms with Crippen molar-refractivity contribution in [2.24, 2.45) is 5.41 Å². The first-order valence-corrected chi connectivity index (χ1v) is 16.7. The number of carbonyl (C=O) groups excluding carboxylic acids is 1. The molecule has 2 aliphatic heterocycles. The average molecular weight is 734 g/mol. The van der Waals surface area contributed by atoms with Crippen molar-refractivity contribution in [3.05, 3.63) is 89.7 Å². The van der Waals surface area contributed by atoms with E-state index < -0.39 is 41.6 Å². The number of anilines is 3. The van der Waals surface area contributed by atoms with Crippen molar-refractivity contribution in [1.29, 1.82) is 0 Å². The molecule has 52 heavy (non-hydrogen) atoms. The van der Waals surface area contributed by atoms with Crippen molar-refractivity contribution in [1.82, 2.24) is 15.2 Å². The number of hydrogen-bond acceptors (Lipinski definition) is 6. The van der Waals surface area contributed by atoms with Crippen molar-refractivity contribution >= 4 is 23.1 Å². The third-order valence-electron chi connectivity index (χ3n) is 9.39. The summed E-state index contributed by atoms with van der Waals surface area (Å²) in [5.74, 6) is -1.18. The van der Waals surface area contributed by atoms with Crippen LogP contribution in [-0.4, -0.2) is 59.7 Å². The number of urea groups is 1. The van der Waals surface area contributed by atoms with Crippen molar-refractivity contribution in [2.45, 2.75) is 64.1 Å². The number of piperidine rings is 1. The molecule has 1 atom stereocenters. The fourth-order valence-corrected chi connectivity index (χ4v) is 7.34. The maximum absolute atomic E-state index is 16.1. The largest absolute Gasteiger partial charge is 0.523 e. The molecule has 278 valence electrons. The number of allylic oxidation sites excluding steroid dienone is 1. The Kier molecular flexibility index (Phi) is 9.81. The van der Waals surface area contributed by atoms with Crippen LogP contribution in [0.1, 0.15) is 51.3 Å². The van der Waals surface area contributed by atoms with Crippen LogP contribution in [0.15, 0.2) is 72.6 Å². The van der Waals surface area contributed by atoms with E-state index in [0.29, 0.717) is 42.9 Å². The van der Waals surface area contributed by atoms with Gasteiger partial charge in [-0.05, 0) is 67.6 Å². The summed E-state index contributed by atoms with van der Waals surface area (Å²) in [6.45, 7) is 8.76. The topological polar surface area (TPSA) is 90.0 Å². The Morgan fingerprint density at radius 1 is 1.04 bits per heavy atom. The number of phenols is 1. The number of pyridine rings is 1. The quantitative estimate of drug-likeness (QED) is 0.219. The van der Waals surface area contributed by atoms with E-state index in [1.165, 1.54) is 24.3 Å². The number of halogens is 7. The zero-order valence-corrected chi connectivity index (χ0v) is 28.6. The van der Waals surface area contributed by atoms with Crippen molar-refractivity contribution in [2.75, 3.05) is 36.4 Å². The molecule has 1 unspecified atom stereocenters. The van der Waals surface area contributed by atoms with Crippen molar-refractivity contribution in [3.63, 3.8) is 0 Å². The zero-order chi connectivity index (χ0) is 37.6. The Labute approximate surface area is 296 Å². The monoisotopic (exact) mass is 733 g/mol. The van der Waals surface area contributed by atoms with Gasteiger partial charge in [0.15, 0.2) is 0 Å². The first kappa shape index (κ1) is 37.1. The second-order valence-corrected chi connectivity index (χ2v) is 14.6. The molecule has 6 rings (SSSR count). The second kappa shape index (κ2) is 13.7. The number of rotatable bonds is 6. The molecular weight excluding hydrogens is 695 g/mol. The molecule has 2 amide bonds. The van der Waals surface area contributed by atoms with Crippen LogP contribution in [0.25, 0.3) is 11.1 Å². The molecule has 15 heteroatoms. The number of ether oxygens (including phenoxy) is 1. The smallest absolute Gasteiger partial charge is 0.506 e. The predicted octanol–water partition coefficient (Wildman–Crippen LogP) is 9.01. The molecule has 1 aliphatic carbocycles. The van der Waals surface area contributed by atoms with Crippen LogP contribution in [0.3, 0.4) is 0 Å². The summed E-state index contributed by atoms with van der Waals surface area (Å²) in [7, 11) is 0. The van der Waals surface area contributed by atoms with E-state index in [1.807, 2.05) is 0 Å². The van der Waals surface area contributed by atoms with E-state index in [0.717, 1.165) is 24.9 Å². The number of amides is 2. The van der Waals surface area contributed by atoms with Crippen LogP contribution < -0.4 is 15.5 Å². The number of likely N-dealkylation sites (tertiary alicyclic amines) is 1. The van der Waals surface area contributed by atoms with Gasteiger partial charge in [-0.15, -0.1) is 13.2 Å². The molecule has 3 N–H and O–H groups in total. The molecule has 3 heterocycles. The molecule has 2 aromatic carbocycles. The fraction of sp³-hybridized carbons (Fsp3) is 0.405. The Morgan fingerprint density at radius 2 is 1.75 bits per heavy atom. The molecule has 8 nitrogen and oxygen atoms in total. The number of benzene rings is 2.